The van der Waals surface area contributed by atoms with Crippen LogP contribution in [0.1, 0.15) is 18.1 Å². The number of rotatable bonds is 2. The van der Waals surface area contributed by atoms with Crippen molar-refractivity contribution in [3.8, 4) is 0 Å². The Labute approximate surface area is 98.9 Å². The largest absolute Gasteiger partial charge is 0.318 e. The van der Waals surface area contributed by atoms with Crippen LogP contribution in [0.5, 0.6) is 0 Å². The normalized spacial score (nSPS) is 11.5. The van der Waals surface area contributed by atoms with Gasteiger partial charge in [0, 0.05) is 0 Å². The molecule has 2 aromatic carbocycles. The molecule has 0 aliphatic rings. The fourth-order valence-electron chi connectivity index (χ4n) is 1.76. The molecule has 0 heterocycles. The lowest BCUT2D eigenvalue weighted by Crippen LogP contribution is -2.34. The minimum atomic E-state index is -0.762. The number of halogens is 2. The molecule has 2 N–H and O–H groups in total. The van der Waals surface area contributed by atoms with Crippen LogP contribution in [-0.4, -0.2) is 0 Å². The SMILES string of the molecule is CC(N)(c1ccc(F)cc1)c1ccc(F)cc1. The first kappa shape index (κ1) is 11.7. The third-order valence-corrected chi connectivity index (χ3v) is 2.89. The maximum absolute atomic E-state index is 12.8. The molecule has 0 atom stereocenters. The van der Waals surface area contributed by atoms with E-state index >= 15 is 0 Å². The summed E-state index contributed by atoms with van der Waals surface area (Å²) in [7, 11) is 0. The Morgan fingerprint density at radius 3 is 1.35 bits per heavy atom. The molecule has 2 rings (SSSR count). The van der Waals surface area contributed by atoms with Crippen LogP contribution in [0.25, 0.3) is 0 Å². The summed E-state index contributed by atoms with van der Waals surface area (Å²) < 4.78 is 25.7. The maximum Gasteiger partial charge on any atom is 0.123 e. The highest BCUT2D eigenvalue weighted by Gasteiger charge is 2.23. The van der Waals surface area contributed by atoms with Crippen molar-refractivity contribution in [3.63, 3.8) is 0 Å². The zero-order valence-electron chi connectivity index (χ0n) is 9.45. The summed E-state index contributed by atoms with van der Waals surface area (Å²) in [6.07, 6.45) is 0. The molecule has 17 heavy (non-hydrogen) atoms. The highest BCUT2D eigenvalue weighted by atomic mass is 19.1. The van der Waals surface area contributed by atoms with Crippen LogP contribution < -0.4 is 5.73 Å². The Bertz CT molecular complexity index is 453. The molecule has 0 saturated carbocycles. The average Bonchev–Trinajstić information content (AvgIpc) is 2.30. The topological polar surface area (TPSA) is 26.0 Å². The highest BCUT2D eigenvalue weighted by Crippen LogP contribution is 2.26. The minimum absolute atomic E-state index is 0.302. The molecule has 0 fully saturated rings. The Morgan fingerprint density at radius 1 is 0.765 bits per heavy atom. The molecule has 0 radical (unpaired) electrons. The van der Waals surface area contributed by atoms with E-state index in [0.29, 0.717) is 0 Å². The third-order valence-electron chi connectivity index (χ3n) is 2.89. The average molecular weight is 233 g/mol. The van der Waals surface area contributed by atoms with Gasteiger partial charge in [-0.1, -0.05) is 24.3 Å². The summed E-state index contributed by atoms with van der Waals surface area (Å²) in [5.41, 5.74) is 7.02. The zero-order valence-corrected chi connectivity index (χ0v) is 9.45. The van der Waals surface area contributed by atoms with Crippen molar-refractivity contribution in [1.82, 2.24) is 0 Å². The van der Waals surface area contributed by atoms with Gasteiger partial charge in [-0.05, 0) is 42.3 Å². The first-order chi connectivity index (χ1) is 8.00. The summed E-state index contributed by atoms with van der Waals surface area (Å²) in [6, 6.07) is 12.0. The van der Waals surface area contributed by atoms with Crippen molar-refractivity contribution in [3.05, 3.63) is 71.3 Å². The van der Waals surface area contributed by atoms with Gasteiger partial charge in [-0.2, -0.15) is 0 Å². The summed E-state index contributed by atoms with van der Waals surface area (Å²) in [5.74, 6) is -0.604. The highest BCUT2D eigenvalue weighted by molar-refractivity contribution is 5.36. The van der Waals surface area contributed by atoms with Crippen molar-refractivity contribution in [2.75, 3.05) is 0 Å². The molecule has 0 aromatic heterocycles. The van der Waals surface area contributed by atoms with E-state index in [1.165, 1.54) is 24.3 Å². The van der Waals surface area contributed by atoms with Crippen molar-refractivity contribution >= 4 is 0 Å². The summed E-state index contributed by atoms with van der Waals surface area (Å²) in [4.78, 5) is 0. The van der Waals surface area contributed by atoms with Crippen molar-refractivity contribution in [2.24, 2.45) is 5.73 Å². The number of hydrogen-bond donors (Lipinski definition) is 1. The first-order valence-electron chi connectivity index (χ1n) is 5.31. The Hall–Kier alpha value is -1.74. The number of benzene rings is 2. The Morgan fingerprint density at radius 2 is 1.06 bits per heavy atom. The van der Waals surface area contributed by atoms with Crippen LogP contribution in [-0.2, 0) is 5.54 Å². The molecule has 0 bridgehead atoms. The van der Waals surface area contributed by atoms with E-state index in [-0.39, 0.29) is 11.6 Å². The van der Waals surface area contributed by atoms with E-state index in [2.05, 4.69) is 0 Å². The second kappa shape index (κ2) is 4.26. The van der Waals surface area contributed by atoms with Crippen LogP contribution in [0.2, 0.25) is 0 Å². The molecule has 1 nitrogen and oxygen atoms in total. The monoisotopic (exact) mass is 233 g/mol. The van der Waals surface area contributed by atoms with E-state index in [9.17, 15) is 8.78 Å². The molecular formula is C14H13F2N. The molecule has 0 unspecified atom stereocenters. The second-order valence-corrected chi connectivity index (χ2v) is 4.22. The van der Waals surface area contributed by atoms with Gasteiger partial charge in [0.25, 0.3) is 0 Å². The van der Waals surface area contributed by atoms with E-state index in [1.807, 2.05) is 6.92 Å². The number of hydrogen-bond acceptors (Lipinski definition) is 1. The van der Waals surface area contributed by atoms with Crippen molar-refractivity contribution < 1.29 is 8.78 Å². The lowest BCUT2D eigenvalue weighted by Gasteiger charge is -2.26. The summed E-state index contributed by atoms with van der Waals surface area (Å²) in [5, 5.41) is 0. The van der Waals surface area contributed by atoms with Crippen LogP contribution in [0.3, 0.4) is 0 Å². The molecular weight excluding hydrogens is 220 g/mol. The van der Waals surface area contributed by atoms with E-state index in [4.69, 9.17) is 5.73 Å². The van der Waals surface area contributed by atoms with E-state index in [1.54, 1.807) is 24.3 Å². The van der Waals surface area contributed by atoms with Gasteiger partial charge >= 0.3 is 0 Å². The van der Waals surface area contributed by atoms with Crippen molar-refractivity contribution in [2.45, 2.75) is 12.5 Å². The van der Waals surface area contributed by atoms with E-state index < -0.39 is 5.54 Å². The summed E-state index contributed by atoms with van der Waals surface area (Å²) in [6.45, 7) is 1.81. The van der Waals surface area contributed by atoms with Gasteiger partial charge in [-0.15, -0.1) is 0 Å². The molecule has 3 heteroatoms. The van der Waals surface area contributed by atoms with Crippen molar-refractivity contribution in [1.29, 1.82) is 0 Å². The van der Waals surface area contributed by atoms with Gasteiger partial charge in [0.15, 0.2) is 0 Å². The first-order valence-corrected chi connectivity index (χ1v) is 5.31. The molecule has 0 aliphatic carbocycles. The Kier molecular flexibility index (Phi) is 2.94. The summed E-state index contributed by atoms with van der Waals surface area (Å²) >= 11 is 0. The molecule has 0 saturated heterocycles. The standard InChI is InChI=1S/C14H13F2N/c1-14(17,10-2-6-12(15)7-3-10)11-4-8-13(16)9-5-11/h2-9H,17H2,1H3. The molecule has 2 aromatic rings. The zero-order chi connectivity index (χ0) is 12.5. The lowest BCUT2D eigenvalue weighted by molar-refractivity contribution is 0.587. The van der Waals surface area contributed by atoms with E-state index in [0.717, 1.165) is 11.1 Å². The van der Waals surface area contributed by atoms with Crippen LogP contribution in [0.4, 0.5) is 8.78 Å². The van der Waals surface area contributed by atoms with Gasteiger partial charge in [-0.25, -0.2) is 8.78 Å². The van der Waals surface area contributed by atoms with Gasteiger partial charge in [0.2, 0.25) is 0 Å². The smallest absolute Gasteiger partial charge is 0.123 e. The second-order valence-electron chi connectivity index (χ2n) is 4.22. The molecule has 0 amide bonds. The van der Waals surface area contributed by atoms with Gasteiger partial charge in [0.1, 0.15) is 11.6 Å². The quantitative estimate of drug-likeness (QED) is 0.847. The van der Waals surface area contributed by atoms with Gasteiger partial charge in [-0.3, -0.25) is 0 Å². The van der Waals surface area contributed by atoms with Gasteiger partial charge < -0.3 is 5.73 Å². The molecule has 88 valence electrons. The number of nitrogens with two attached hydrogens (primary N) is 1. The van der Waals surface area contributed by atoms with Gasteiger partial charge in [0.05, 0.1) is 5.54 Å². The molecule has 0 aliphatic heterocycles. The minimum Gasteiger partial charge on any atom is -0.318 e. The van der Waals surface area contributed by atoms with Crippen LogP contribution >= 0.6 is 0 Å². The predicted octanol–water partition coefficient (Wildman–Crippen LogP) is 3.19. The predicted molar refractivity (Wildman–Crippen MR) is 63.4 cm³/mol. The fraction of sp³-hybridized carbons (Fsp3) is 0.143. The fourth-order valence-corrected chi connectivity index (χ4v) is 1.76. The Balaban J connectivity index is 2.41. The lowest BCUT2D eigenvalue weighted by atomic mass is 9.86. The van der Waals surface area contributed by atoms with Crippen LogP contribution in [0.15, 0.2) is 48.5 Å². The maximum atomic E-state index is 12.8. The molecule has 0 spiro atoms. The van der Waals surface area contributed by atoms with Crippen LogP contribution in [0, 0.1) is 11.6 Å². The third kappa shape index (κ3) is 2.34.